The second-order valence-corrected chi connectivity index (χ2v) is 8.51. The first kappa shape index (κ1) is 38.2. The van der Waals surface area contributed by atoms with Crippen molar-refractivity contribution in [2.24, 2.45) is 0 Å². The van der Waals surface area contributed by atoms with Gasteiger partial charge in [0.15, 0.2) is 0 Å². The summed E-state index contributed by atoms with van der Waals surface area (Å²) in [5, 5.41) is 0. The highest BCUT2D eigenvalue weighted by molar-refractivity contribution is 4.71. The minimum Gasteiger partial charge on any atom is -0.301 e. The Bertz CT molecular complexity index is 287. The summed E-state index contributed by atoms with van der Waals surface area (Å²) in [7, 11) is 0. The fourth-order valence-electron chi connectivity index (χ4n) is 3.55. The van der Waals surface area contributed by atoms with Crippen LogP contribution in [-0.4, -0.2) is 72.1 Å². The van der Waals surface area contributed by atoms with Gasteiger partial charge in [-0.15, -0.1) is 0 Å². The number of hydrogen-bond donors (Lipinski definition) is 0. The molecule has 0 unspecified atom stereocenters. The monoisotopic (exact) mass is 446 g/mol. The number of piperidine rings is 1. The lowest BCUT2D eigenvalue weighted by atomic mass is 10.1. The lowest BCUT2D eigenvalue weighted by Crippen LogP contribution is -2.41. The Hall–Kier alpha value is -0.120. The third-order valence-corrected chi connectivity index (χ3v) is 5.61. The Morgan fingerprint density at radius 1 is 0.355 bits per heavy atom. The quantitative estimate of drug-likeness (QED) is 0.433. The summed E-state index contributed by atoms with van der Waals surface area (Å²) in [4.78, 5) is 7.56. The minimum atomic E-state index is 0. The van der Waals surface area contributed by atoms with Gasteiger partial charge in [0, 0.05) is 18.1 Å². The standard InChI is InChI=1S/C8H17N.C7H15N.C6H13N.3C2H6.CH4/c1-8(2)9-6-4-3-5-7-9;1-7(2)8-5-3-4-6-8;1-6(2)7-4-3-5-7;3*1-2;/h8H,3-7H2,1-2H3;7H,3-6H2,1-2H3;6H,3-5H2,1-2H3;3*1-2H3;1H4. The zero-order chi connectivity index (χ0) is 23.9. The molecule has 3 aliphatic heterocycles. The summed E-state index contributed by atoms with van der Waals surface area (Å²) in [6, 6.07) is 2.33. The van der Waals surface area contributed by atoms with Crippen molar-refractivity contribution in [2.45, 2.75) is 147 Å². The van der Waals surface area contributed by atoms with Crippen LogP contribution < -0.4 is 0 Å². The molecule has 3 fully saturated rings. The van der Waals surface area contributed by atoms with Crippen LogP contribution in [0.25, 0.3) is 0 Å². The van der Waals surface area contributed by atoms with Crippen molar-refractivity contribution in [3.63, 3.8) is 0 Å². The second kappa shape index (κ2) is 27.9. The highest BCUT2D eigenvalue weighted by Crippen LogP contribution is 2.11. The Kier molecular flexibility index (Phi) is 34.4. The molecule has 0 bridgehead atoms. The van der Waals surface area contributed by atoms with E-state index in [4.69, 9.17) is 0 Å². The van der Waals surface area contributed by atoms with Crippen LogP contribution in [0.4, 0.5) is 0 Å². The second-order valence-electron chi connectivity index (χ2n) is 8.51. The minimum absolute atomic E-state index is 0. The van der Waals surface area contributed by atoms with E-state index in [9.17, 15) is 0 Å². The van der Waals surface area contributed by atoms with E-state index in [1.807, 2.05) is 41.5 Å². The molecule has 0 amide bonds. The van der Waals surface area contributed by atoms with Gasteiger partial charge < -0.3 is 14.7 Å². The van der Waals surface area contributed by atoms with Gasteiger partial charge in [0.25, 0.3) is 0 Å². The smallest absolute Gasteiger partial charge is 0.00386 e. The van der Waals surface area contributed by atoms with Crippen LogP contribution in [0.2, 0.25) is 0 Å². The van der Waals surface area contributed by atoms with Crippen LogP contribution in [0.5, 0.6) is 0 Å². The van der Waals surface area contributed by atoms with E-state index in [1.54, 1.807) is 0 Å². The molecule has 0 atom stereocenters. The molecule has 0 aliphatic carbocycles. The first-order valence-electron chi connectivity index (χ1n) is 13.6. The van der Waals surface area contributed by atoms with Crippen molar-refractivity contribution in [1.29, 1.82) is 0 Å². The first-order valence-corrected chi connectivity index (χ1v) is 13.6. The molecule has 0 N–H and O–H groups in total. The van der Waals surface area contributed by atoms with Gasteiger partial charge >= 0.3 is 0 Å². The number of nitrogens with zero attached hydrogens (tertiary/aromatic N) is 3. The maximum absolute atomic E-state index is 2.56. The molecule has 3 nitrogen and oxygen atoms in total. The van der Waals surface area contributed by atoms with Crippen LogP contribution in [0.15, 0.2) is 0 Å². The molecule has 3 heteroatoms. The van der Waals surface area contributed by atoms with Gasteiger partial charge in [-0.3, -0.25) is 0 Å². The van der Waals surface area contributed by atoms with Gasteiger partial charge in [0.1, 0.15) is 0 Å². The molecule has 0 spiro atoms. The van der Waals surface area contributed by atoms with E-state index in [0.29, 0.717) is 0 Å². The Morgan fingerprint density at radius 2 is 0.548 bits per heavy atom. The van der Waals surface area contributed by atoms with Crippen LogP contribution in [0, 0.1) is 0 Å². The summed E-state index contributed by atoms with van der Waals surface area (Å²) in [5.41, 5.74) is 0. The molecule has 0 radical (unpaired) electrons. The zero-order valence-electron chi connectivity index (χ0n) is 23.6. The Morgan fingerprint density at radius 3 is 0.677 bits per heavy atom. The molecule has 0 aromatic carbocycles. The van der Waals surface area contributed by atoms with Crippen LogP contribution >= 0.6 is 0 Å². The van der Waals surface area contributed by atoms with Crippen molar-refractivity contribution in [2.75, 3.05) is 39.3 Å². The molecule has 3 heterocycles. The highest BCUT2D eigenvalue weighted by atomic mass is 15.2. The Balaban J connectivity index is -0.000000156. The Labute approximate surface area is 201 Å². The molecule has 0 saturated carbocycles. The molecular weight excluding hydrogens is 378 g/mol. The highest BCUT2D eigenvalue weighted by Gasteiger charge is 2.15. The van der Waals surface area contributed by atoms with Gasteiger partial charge in [-0.1, -0.05) is 55.4 Å². The normalized spacial score (nSPS) is 18.3. The van der Waals surface area contributed by atoms with Gasteiger partial charge in [-0.2, -0.15) is 0 Å². The van der Waals surface area contributed by atoms with Crippen molar-refractivity contribution < 1.29 is 0 Å². The molecule has 3 aliphatic rings. The molecule has 0 aromatic heterocycles. The molecule has 3 rings (SSSR count). The fourth-order valence-corrected chi connectivity index (χ4v) is 3.55. The van der Waals surface area contributed by atoms with Crippen molar-refractivity contribution in [3.8, 4) is 0 Å². The molecule has 31 heavy (non-hydrogen) atoms. The number of likely N-dealkylation sites (tertiary alicyclic amines) is 3. The van der Waals surface area contributed by atoms with Crippen LogP contribution in [0.1, 0.15) is 129 Å². The largest absolute Gasteiger partial charge is 0.301 e. The zero-order valence-corrected chi connectivity index (χ0v) is 23.6. The molecule has 0 aromatic rings. The van der Waals surface area contributed by atoms with Gasteiger partial charge in [0.2, 0.25) is 0 Å². The number of rotatable bonds is 3. The lowest BCUT2D eigenvalue weighted by Gasteiger charge is -2.34. The fraction of sp³-hybridized carbons (Fsp3) is 1.00. The lowest BCUT2D eigenvalue weighted by molar-refractivity contribution is 0.138. The predicted molar refractivity (Wildman–Crippen MR) is 149 cm³/mol. The predicted octanol–water partition coefficient (Wildman–Crippen LogP) is 8.19. The summed E-state index contributed by atoms with van der Waals surface area (Å²) < 4.78 is 0. The molecule has 194 valence electrons. The average Bonchev–Trinajstić information content (AvgIpc) is 3.28. The number of hydrogen-bond acceptors (Lipinski definition) is 3. The van der Waals surface area contributed by atoms with Gasteiger partial charge in [-0.25, -0.2) is 0 Å². The van der Waals surface area contributed by atoms with E-state index in [-0.39, 0.29) is 7.43 Å². The van der Waals surface area contributed by atoms with Crippen molar-refractivity contribution >= 4 is 0 Å². The van der Waals surface area contributed by atoms with Crippen molar-refractivity contribution in [1.82, 2.24) is 14.7 Å². The maximum atomic E-state index is 2.56. The van der Waals surface area contributed by atoms with E-state index >= 15 is 0 Å². The van der Waals surface area contributed by atoms with E-state index in [2.05, 4.69) is 56.2 Å². The maximum Gasteiger partial charge on any atom is 0.00386 e. The van der Waals surface area contributed by atoms with Gasteiger partial charge in [-0.05, 0) is 113 Å². The van der Waals surface area contributed by atoms with E-state index < -0.39 is 0 Å². The van der Waals surface area contributed by atoms with Crippen LogP contribution in [0.3, 0.4) is 0 Å². The summed E-state index contributed by atoms with van der Waals surface area (Å²) in [6.45, 7) is 33.6. The van der Waals surface area contributed by atoms with Gasteiger partial charge in [0.05, 0.1) is 0 Å². The third-order valence-electron chi connectivity index (χ3n) is 5.61. The average molecular weight is 446 g/mol. The third kappa shape index (κ3) is 21.5. The SMILES string of the molecule is C.CC.CC.CC.CC(C)N1CCC1.CC(C)N1CCCC1.CC(C)N1CCCCC1. The van der Waals surface area contributed by atoms with E-state index in [1.165, 1.54) is 77.8 Å². The van der Waals surface area contributed by atoms with E-state index in [0.717, 1.165) is 18.1 Å². The summed E-state index contributed by atoms with van der Waals surface area (Å²) >= 11 is 0. The van der Waals surface area contributed by atoms with Crippen LogP contribution in [-0.2, 0) is 0 Å². The van der Waals surface area contributed by atoms with Crippen molar-refractivity contribution in [3.05, 3.63) is 0 Å². The molecule has 3 saturated heterocycles. The summed E-state index contributed by atoms with van der Waals surface area (Å²) in [6.07, 6.45) is 8.52. The molecular formula is C28H67N3. The first-order chi connectivity index (χ1) is 14.4. The summed E-state index contributed by atoms with van der Waals surface area (Å²) in [5.74, 6) is 0. The topological polar surface area (TPSA) is 9.72 Å².